The van der Waals surface area contributed by atoms with E-state index in [0.29, 0.717) is 18.8 Å². The van der Waals surface area contributed by atoms with Crippen molar-refractivity contribution in [2.24, 2.45) is 5.73 Å². The van der Waals surface area contributed by atoms with Gasteiger partial charge in [-0.05, 0) is 18.6 Å². The molecule has 1 fully saturated rings. The van der Waals surface area contributed by atoms with Crippen LogP contribution in [0.15, 0.2) is 24.3 Å². The van der Waals surface area contributed by atoms with Gasteiger partial charge in [0.2, 0.25) is 0 Å². The first-order valence-corrected chi connectivity index (χ1v) is 5.31. The van der Waals surface area contributed by atoms with Crippen LogP contribution >= 0.6 is 0 Å². The molecule has 6 heteroatoms. The lowest BCUT2D eigenvalue weighted by Gasteiger charge is -2.21. The summed E-state index contributed by atoms with van der Waals surface area (Å²) in [4.78, 5) is 1.81. The van der Waals surface area contributed by atoms with E-state index in [1.165, 1.54) is 12.1 Å². The Balaban J connectivity index is 2.22. The second-order valence-electron chi connectivity index (χ2n) is 4.01. The van der Waals surface area contributed by atoms with Gasteiger partial charge in [-0.1, -0.05) is 12.1 Å². The van der Waals surface area contributed by atoms with Gasteiger partial charge in [0, 0.05) is 19.1 Å². The minimum Gasteiger partial charge on any atom is -0.404 e. The Kier molecular flexibility index (Phi) is 3.15. The Hall–Kier alpha value is -1.43. The molecule has 0 unspecified atom stereocenters. The second-order valence-corrected chi connectivity index (χ2v) is 4.01. The fraction of sp³-hybridized carbons (Fsp3) is 0.455. The quantitative estimate of drug-likeness (QED) is 0.868. The van der Waals surface area contributed by atoms with Crippen molar-refractivity contribution in [3.8, 4) is 5.75 Å². The molecule has 1 heterocycles. The number of nitrogens with two attached hydrogens (primary N) is 1. The number of para-hydroxylation sites is 2. The summed E-state index contributed by atoms with van der Waals surface area (Å²) < 4.78 is 40.7. The summed E-state index contributed by atoms with van der Waals surface area (Å²) in [5.41, 5.74) is 6.18. The Morgan fingerprint density at radius 1 is 1.29 bits per heavy atom. The Bertz CT molecular complexity index is 395. The molecule has 17 heavy (non-hydrogen) atoms. The first-order valence-electron chi connectivity index (χ1n) is 5.31. The van der Waals surface area contributed by atoms with Crippen molar-refractivity contribution >= 4 is 5.69 Å². The van der Waals surface area contributed by atoms with Crippen LogP contribution in [0.2, 0.25) is 0 Å². The van der Waals surface area contributed by atoms with Crippen molar-refractivity contribution < 1.29 is 17.9 Å². The molecule has 1 aromatic carbocycles. The molecule has 2 N–H and O–H groups in total. The summed E-state index contributed by atoms with van der Waals surface area (Å²) in [6, 6.07) is 6.13. The smallest absolute Gasteiger partial charge is 0.404 e. The number of rotatable bonds is 2. The lowest BCUT2D eigenvalue weighted by molar-refractivity contribution is -0.274. The number of hydrogen-bond donors (Lipinski definition) is 1. The van der Waals surface area contributed by atoms with E-state index in [4.69, 9.17) is 5.73 Å². The highest BCUT2D eigenvalue weighted by molar-refractivity contribution is 5.59. The number of alkyl halides is 3. The highest BCUT2D eigenvalue weighted by atomic mass is 19.4. The summed E-state index contributed by atoms with van der Waals surface area (Å²) in [6.45, 7) is 1.21. The molecule has 1 aliphatic heterocycles. The van der Waals surface area contributed by atoms with Crippen LogP contribution in [0.25, 0.3) is 0 Å². The van der Waals surface area contributed by atoms with Crippen LogP contribution in [0, 0.1) is 0 Å². The number of hydrogen-bond acceptors (Lipinski definition) is 3. The first kappa shape index (κ1) is 12.0. The van der Waals surface area contributed by atoms with Gasteiger partial charge in [0.25, 0.3) is 0 Å². The van der Waals surface area contributed by atoms with Crippen LogP contribution in [0.4, 0.5) is 18.9 Å². The highest BCUT2D eigenvalue weighted by Gasteiger charge is 2.33. The zero-order valence-electron chi connectivity index (χ0n) is 9.07. The van der Waals surface area contributed by atoms with Crippen molar-refractivity contribution in [2.75, 3.05) is 18.0 Å². The fourth-order valence-electron chi connectivity index (χ4n) is 1.94. The average Bonchev–Trinajstić information content (AvgIpc) is 2.63. The number of ether oxygens (including phenoxy) is 1. The van der Waals surface area contributed by atoms with Gasteiger partial charge in [0.05, 0.1) is 5.69 Å². The molecule has 0 amide bonds. The Morgan fingerprint density at radius 2 is 2.00 bits per heavy atom. The van der Waals surface area contributed by atoms with E-state index in [1.807, 2.05) is 4.90 Å². The van der Waals surface area contributed by atoms with Crippen molar-refractivity contribution in [3.05, 3.63) is 24.3 Å². The molecule has 0 saturated carbocycles. The molecule has 94 valence electrons. The third kappa shape index (κ3) is 3.03. The van der Waals surface area contributed by atoms with Crippen LogP contribution in [0.5, 0.6) is 5.75 Å². The van der Waals surface area contributed by atoms with E-state index >= 15 is 0 Å². The van der Waals surface area contributed by atoms with E-state index in [0.717, 1.165) is 6.42 Å². The number of nitrogens with zero attached hydrogens (tertiary/aromatic N) is 1. The van der Waals surface area contributed by atoms with Gasteiger partial charge in [-0.3, -0.25) is 0 Å². The second kappa shape index (κ2) is 4.44. The molecule has 0 spiro atoms. The zero-order valence-corrected chi connectivity index (χ0v) is 9.07. The molecule has 0 aromatic heterocycles. The molecular weight excluding hydrogens is 233 g/mol. The summed E-state index contributed by atoms with van der Waals surface area (Å²) in [7, 11) is 0. The minimum atomic E-state index is -4.67. The van der Waals surface area contributed by atoms with Crippen LogP contribution in [0.1, 0.15) is 6.42 Å². The van der Waals surface area contributed by atoms with E-state index in [1.54, 1.807) is 12.1 Å². The molecule has 3 nitrogen and oxygen atoms in total. The van der Waals surface area contributed by atoms with Crippen molar-refractivity contribution in [3.63, 3.8) is 0 Å². The van der Waals surface area contributed by atoms with Crippen LogP contribution in [-0.4, -0.2) is 25.5 Å². The molecule has 1 aromatic rings. The topological polar surface area (TPSA) is 38.5 Å². The summed E-state index contributed by atoms with van der Waals surface area (Å²) >= 11 is 0. The van der Waals surface area contributed by atoms with Gasteiger partial charge in [0.1, 0.15) is 0 Å². The van der Waals surface area contributed by atoms with Gasteiger partial charge >= 0.3 is 6.36 Å². The molecule has 2 rings (SSSR count). The molecule has 0 aliphatic carbocycles. The molecular formula is C11H13F3N2O. The molecule has 1 aliphatic rings. The van der Waals surface area contributed by atoms with Crippen LogP contribution in [-0.2, 0) is 0 Å². The Morgan fingerprint density at radius 3 is 2.59 bits per heavy atom. The van der Waals surface area contributed by atoms with Crippen LogP contribution < -0.4 is 15.4 Å². The lowest BCUT2D eigenvalue weighted by Crippen LogP contribution is -2.27. The maximum atomic E-state index is 12.2. The SMILES string of the molecule is N[C@@H]1CCN(c2ccccc2OC(F)(F)F)C1. The number of halogens is 3. The monoisotopic (exact) mass is 246 g/mol. The standard InChI is InChI=1S/C11H13F3N2O/c12-11(13,14)17-10-4-2-1-3-9(10)16-6-5-8(15)7-16/h1-4,8H,5-7,15H2/t8-/m1/s1. The van der Waals surface area contributed by atoms with E-state index in [9.17, 15) is 13.2 Å². The van der Waals surface area contributed by atoms with Crippen molar-refractivity contribution in [2.45, 2.75) is 18.8 Å². The van der Waals surface area contributed by atoms with Gasteiger partial charge in [-0.15, -0.1) is 13.2 Å². The third-order valence-electron chi connectivity index (χ3n) is 2.66. The third-order valence-corrected chi connectivity index (χ3v) is 2.66. The first-order chi connectivity index (χ1) is 7.96. The maximum Gasteiger partial charge on any atom is 0.573 e. The van der Waals surface area contributed by atoms with Crippen molar-refractivity contribution in [1.29, 1.82) is 0 Å². The van der Waals surface area contributed by atoms with E-state index < -0.39 is 6.36 Å². The summed E-state index contributed by atoms with van der Waals surface area (Å²) in [6.07, 6.45) is -3.89. The van der Waals surface area contributed by atoms with Crippen LogP contribution in [0.3, 0.4) is 0 Å². The molecule has 0 radical (unpaired) electrons. The number of benzene rings is 1. The Labute approximate surface area is 97.0 Å². The molecule has 0 bridgehead atoms. The largest absolute Gasteiger partial charge is 0.573 e. The predicted molar refractivity (Wildman–Crippen MR) is 57.9 cm³/mol. The van der Waals surface area contributed by atoms with Gasteiger partial charge in [0.15, 0.2) is 5.75 Å². The van der Waals surface area contributed by atoms with Gasteiger partial charge < -0.3 is 15.4 Å². The summed E-state index contributed by atoms with van der Waals surface area (Å²) in [5, 5.41) is 0. The predicted octanol–water partition coefficient (Wildman–Crippen LogP) is 2.12. The average molecular weight is 246 g/mol. The number of anilines is 1. The molecule has 1 atom stereocenters. The minimum absolute atomic E-state index is 0.00828. The van der Waals surface area contributed by atoms with E-state index in [2.05, 4.69) is 4.74 Å². The summed E-state index contributed by atoms with van der Waals surface area (Å²) in [5.74, 6) is -0.172. The lowest BCUT2D eigenvalue weighted by atomic mass is 10.2. The fourth-order valence-corrected chi connectivity index (χ4v) is 1.94. The van der Waals surface area contributed by atoms with Crippen molar-refractivity contribution in [1.82, 2.24) is 0 Å². The van der Waals surface area contributed by atoms with E-state index in [-0.39, 0.29) is 11.8 Å². The maximum absolute atomic E-state index is 12.2. The normalized spacial score (nSPS) is 20.7. The van der Waals surface area contributed by atoms with Gasteiger partial charge in [-0.2, -0.15) is 0 Å². The highest BCUT2D eigenvalue weighted by Crippen LogP contribution is 2.34. The molecule has 1 saturated heterocycles. The van der Waals surface area contributed by atoms with Gasteiger partial charge in [-0.25, -0.2) is 0 Å². The zero-order chi connectivity index (χ0) is 12.5.